The van der Waals surface area contributed by atoms with Crippen molar-refractivity contribution in [3.63, 3.8) is 0 Å². The summed E-state index contributed by atoms with van der Waals surface area (Å²) in [6.45, 7) is 8.46. The molecule has 2 fully saturated rings. The van der Waals surface area contributed by atoms with E-state index in [1.807, 2.05) is 11.0 Å². The quantitative estimate of drug-likeness (QED) is 0.442. The molecule has 196 valence electrons. The SMILES string of the molecule is CC(C)(C)c1cc(N(C(=O)[C@H]2CC[C@H](C)CC2)[C@H]2CC[C@@H](Oc3ccc(Cl)nn3)CC2)c(C(=O)O)s1. The first-order chi connectivity index (χ1) is 17.0. The summed E-state index contributed by atoms with van der Waals surface area (Å²) < 4.78 is 6.02. The molecule has 0 atom stereocenters. The molecule has 0 bridgehead atoms. The number of rotatable bonds is 6. The predicted molar refractivity (Wildman–Crippen MR) is 142 cm³/mol. The molecular weight excluding hydrogens is 498 g/mol. The third-order valence-corrected chi connectivity index (χ3v) is 9.15. The van der Waals surface area contributed by atoms with Crippen LogP contribution in [-0.4, -0.2) is 39.3 Å². The topological polar surface area (TPSA) is 92.6 Å². The zero-order valence-electron chi connectivity index (χ0n) is 21.5. The number of carboxylic acid groups (broad SMARTS) is 1. The summed E-state index contributed by atoms with van der Waals surface area (Å²) in [4.78, 5) is 29.4. The van der Waals surface area contributed by atoms with Crippen LogP contribution in [0.4, 0.5) is 5.69 Å². The van der Waals surface area contributed by atoms with Crippen molar-refractivity contribution in [2.24, 2.45) is 11.8 Å². The molecule has 0 aromatic carbocycles. The van der Waals surface area contributed by atoms with Gasteiger partial charge in [0.25, 0.3) is 0 Å². The Morgan fingerprint density at radius 1 is 1.06 bits per heavy atom. The molecular formula is C27H36ClN3O4S. The van der Waals surface area contributed by atoms with E-state index in [-0.39, 0.29) is 34.3 Å². The normalized spacial score (nSPS) is 24.8. The second-order valence-corrected chi connectivity index (χ2v) is 12.7. The fraction of sp³-hybridized carbons (Fsp3) is 0.630. The van der Waals surface area contributed by atoms with E-state index in [0.29, 0.717) is 22.6 Å². The number of halogens is 1. The van der Waals surface area contributed by atoms with Crippen LogP contribution in [-0.2, 0) is 10.2 Å². The molecule has 2 aromatic heterocycles. The fourth-order valence-corrected chi connectivity index (χ4v) is 6.39. The highest BCUT2D eigenvalue weighted by Gasteiger charge is 2.38. The minimum atomic E-state index is -0.973. The van der Waals surface area contributed by atoms with Crippen LogP contribution < -0.4 is 9.64 Å². The van der Waals surface area contributed by atoms with Gasteiger partial charge in [0, 0.05) is 22.9 Å². The maximum Gasteiger partial charge on any atom is 0.348 e. The zero-order valence-corrected chi connectivity index (χ0v) is 23.1. The third-order valence-electron chi connectivity index (χ3n) is 7.41. The van der Waals surface area contributed by atoms with E-state index in [1.54, 1.807) is 12.1 Å². The molecule has 4 rings (SSSR count). The van der Waals surface area contributed by atoms with Crippen molar-refractivity contribution in [2.75, 3.05) is 4.90 Å². The molecule has 2 aromatic rings. The maximum absolute atomic E-state index is 14.0. The average molecular weight is 534 g/mol. The molecule has 2 aliphatic rings. The molecule has 7 nitrogen and oxygen atoms in total. The summed E-state index contributed by atoms with van der Waals surface area (Å²) in [5, 5.41) is 18.2. The Morgan fingerprint density at radius 3 is 2.28 bits per heavy atom. The molecule has 0 radical (unpaired) electrons. The van der Waals surface area contributed by atoms with Crippen LogP contribution >= 0.6 is 22.9 Å². The van der Waals surface area contributed by atoms with E-state index in [2.05, 4.69) is 37.9 Å². The van der Waals surface area contributed by atoms with Crippen LogP contribution in [0.1, 0.15) is 93.6 Å². The van der Waals surface area contributed by atoms with Crippen LogP contribution in [0.25, 0.3) is 0 Å². The van der Waals surface area contributed by atoms with E-state index in [9.17, 15) is 14.7 Å². The van der Waals surface area contributed by atoms with Crippen molar-refractivity contribution < 1.29 is 19.4 Å². The monoisotopic (exact) mass is 533 g/mol. The number of nitrogens with zero attached hydrogens (tertiary/aromatic N) is 3. The van der Waals surface area contributed by atoms with Gasteiger partial charge in [-0.25, -0.2) is 4.79 Å². The number of amides is 1. The Morgan fingerprint density at radius 2 is 1.72 bits per heavy atom. The van der Waals surface area contributed by atoms with Gasteiger partial charge in [0.15, 0.2) is 5.15 Å². The van der Waals surface area contributed by atoms with Gasteiger partial charge in [-0.15, -0.1) is 21.5 Å². The first kappa shape index (κ1) is 26.9. The van der Waals surface area contributed by atoms with Gasteiger partial charge >= 0.3 is 5.97 Å². The Balaban J connectivity index is 1.59. The molecule has 9 heteroatoms. The minimum absolute atomic E-state index is 0.0317. The van der Waals surface area contributed by atoms with Crippen molar-refractivity contribution in [2.45, 2.75) is 96.6 Å². The Labute approximate surface area is 222 Å². The standard InChI is InChI=1S/C27H36ClN3O4S/c1-16-5-7-17(8-6-16)25(32)31(20-15-21(27(2,3)4)36-24(20)26(33)34)18-9-11-19(12-10-18)35-23-14-13-22(28)29-30-23/h13-19H,5-12H2,1-4H3,(H,33,34)/t16-,17-,18-,19+. The largest absolute Gasteiger partial charge is 0.477 e. The molecule has 0 aliphatic heterocycles. The third kappa shape index (κ3) is 6.20. The summed E-state index contributed by atoms with van der Waals surface area (Å²) in [5.74, 6) is 0.121. The van der Waals surface area contributed by atoms with Gasteiger partial charge in [-0.1, -0.05) is 39.3 Å². The molecule has 1 N–H and O–H groups in total. The molecule has 1 amide bonds. The van der Waals surface area contributed by atoms with Crippen molar-refractivity contribution in [1.82, 2.24) is 10.2 Å². The lowest BCUT2D eigenvalue weighted by molar-refractivity contribution is -0.124. The number of ether oxygens (including phenoxy) is 1. The minimum Gasteiger partial charge on any atom is -0.477 e. The van der Waals surface area contributed by atoms with Gasteiger partial charge in [0.1, 0.15) is 11.0 Å². The highest BCUT2D eigenvalue weighted by Crippen LogP contribution is 2.42. The highest BCUT2D eigenvalue weighted by atomic mass is 35.5. The first-order valence-corrected chi connectivity index (χ1v) is 14.1. The van der Waals surface area contributed by atoms with Crippen LogP contribution in [0, 0.1) is 11.8 Å². The number of hydrogen-bond donors (Lipinski definition) is 1. The van der Waals surface area contributed by atoms with E-state index >= 15 is 0 Å². The predicted octanol–water partition coefficient (Wildman–Crippen LogP) is 6.74. The Bertz CT molecular complexity index is 1070. The fourth-order valence-electron chi connectivity index (χ4n) is 5.24. The molecule has 0 spiro atoms. The lowest BCUT2D eigenvalue weighted by Gasteiger charge is -2.39. The van der Waals surface area contributed by atoms with E-state index in [0.717, 1.165) is 56.2 Å². The smallest absolute Gasteiger partial charge is 0.348 e. The maximum atomic E-state index is 14.0. The van der Waals surface area contributed by atoms with Gasteiger partial charge in [0.2, 0.25) is 11.8 Å². The van der Waals surface area contributed by atoms with Crippen molar-refractivity contribution in [3.05, 3.63) is 33.1 Å². The van der Waals surface area contributed by atoms with Crippen molar-refractivity contribution >= 4 is 40.5 Å². The average Bonchev–Trinajstić information content (AvgIpc) is 3.28. The highest BCUT2D eigenvalue weighted by molar-refractivity contribution is 7.14. The molecule has 2 saturated carbocycles. The van der Waals surface area contributed by atoms with Gasteiger partial charge in [-0.2, -0.15) is 0 Å². The van der Waals surface area contributed by atoms with E-state index in [1.165, 1.54) is 11.3 Å². The molecule has 2 aliphatic carbocycles. The van der Waals surface area contributed by atoms with E-state index in [4.69, 9.17) is 16.3 Å². The summed E-state index contributed by atoms with van der Waals surface area (Å²) in [6, 6.07) is 5.24. The zero-order chi connectivity index (χ0) is 26.0. The van der Waals surface area contributed by atoms with Gasteiger partial charge in [-0.3, -0.25) is 4.79 Å². The molecule has 2 heterocycles. The lowest BCUT2D eigenvalue weighted by Crippen LogP contribution is -2.47. The number of aromatic carboxylic acids is 1. The van der Waals surface area contributed by atoms with Crippen LogP contribution in [0.2, 0.25) is 5.15 Å². The van der Waals surface area contributed by atoms with E-state index < -0.39 is 5.97 Å². The molecule has 36 heavy (non-hydrogen) atoms. The van der Waals surface area contributed by atoms with Crippen LogP contribution in [0.3, 0.4) is 0 Å². The van der Waals surface area contributed by atoms with Gasteiger partial charge in [-0.05, 0) is 74.8 Å². The number of aromatic nitrogens is 2. The van der Waals surface area contributed by atoms with Crippen LogP contribution in [0.15, 0.2) is 18.2 Å². The molecule has 0 unspecified atom stereocenters. The number of thiophene rings is 1. The molecule has 0 saturated heterocycles. The Hall–Kier alpha value is -2.19. The number of carboxylic acids is 1. The second kappa shape index (κ2) is 11.1. The number of anilines is 1. The second-order valence-electron chi connectivity index (χ2n) is 11.3. The number of carbonyl (C=O) groups excluding carboxylic acids is 1. The van der Waals surface area contributed by atoms with Crippen molar-refractivity contribution in [1.29, 1.82) is 0 Å². The number of carbonyl (C=O) groups is 2. The first-order valence-electron chi connectivity index (χ1n) is 12.9. The lowest BCUT2D eigenvalue weighted by atomic mass is 9.81. The summed E-state index contributed by atoms with van der Waals surface area (Å²) in [7, 11) is 0. The summed E-state index contributed by atoms with van der Waals surface area (Å²) in [6.07, 6.45) is 6.74. The summed E-state index contributed by atoms with van der Waals surface area (Å²) >= 11 is 7.12. The van der Waals surface area contributed by atoms with Gasteiger partial charge in [0.05, 0.1) is 5.69 Å². The Kier molecular flexibility index (Phi) is 8.25. The van der Waals surface area contributed by atoms with Crippen molar-refractivity contribution in [3.8, 4) is 5.88 Å². The summed E-state index contributed by atoms with van der Waals surface area (Å²) in [5.41, 5.74) is 0.363. The number of hydrogen-bond acceptors (Lipinski definition) is 6. The van der Waals surface area contributed by atoms with Crippen LogP contribution in [0.5, 0.6) is 5.88 Å². The van der Waals surface area contributed by atoms with Gasteiger partial charge < -0.3 is 14.7 Å².